The van der Waals surface area contributed by atoms with Crippen LogP contribution in [0.15, 0.2) is 67.0 Å². The Morgan fingerprint density at radius 3 is 2.44 bits per heavy atom. The number of piperidine rings is 2. The van der Waals surface area contributed by atoms with Crippen LogP contribution in [0.25, 0.3) is 33.4 Å². The second kappa shape index (κ2) is 14.1. The molecule has 3 unspecified atom stereocenters. The van der Waals surface area contributed by atoms with E-state index in [4.69, 9.17) is 39.8 Å². The lowest BCUT2D eigenvalue weighted by atomic mass is 9.87. The van der Waals surface area contributed by atoms with Crippen molar-refractivity contribution in [1.82, 2.24) is 34.6 Å². The zero-order valence-corrected chi connectivity index (χ0v) is 32.1. The minimum atomic E-state index is -0.401. The Balaban J connectivity index is 1.10. The number of hydrogen-bond donors (Lipinski definition) is 2. The second-order valence-corrected chi connectivity index (χ2v) is 16.2. The number of aromatic amines is 1. The second-order valence-electron chi connectivity index (χ2n) is 15.0. The molecule has 9 rings (SSSR count). The number of H-pyrrole nitrogens is 1. The highest BCUT2D eigenvalue weighted by atomic mass is 35.5. The Bertz CT molecular complexity index is 2300. The molecule has 54 heavy (non-hydrogen) atoms. The molecule has 5 aromatic rings. The van der Waals surface area contributed by atoms with E-state index in [1.54, 1.807) is 19.3 Å². The fourth-order valence-corrected chi connectivity index (χ4v) is 10.0. The first kappa shape index (κ1) is 35.4. The molecular formula is C41H40Cl3N7O3. The average molecular weight is 785 g/mol. The summed E-state index contributed by atoms with van der Waals surface area (Å²) in [6, 6.07) is 18.7. The zero-order valence-electron chi connectivity index (χ0n) is 29.8. The molecule has 0 aliphatic carbocycles. The molecule has 278 valence electrons. The van der Waals surface area contributed by atoms with Crippen LogP contribution in [0, 0.1) is 0 Å². The first-order valence-electron chi connectivity index (χ1n) is 18.7. The van der Waals surface area contributed by atoms with Gasteiger partial charge in [0.2, 0.25) is 11.8 Å². The van der Waals surface area contributed by atoms with Gasteiger partial charge in [0.25, 0.3) is 5.91 Å². The van der Waals surface area contributed by atoms with E-state index in [1.807, 2.05) is 59.5 Å². The monoisotopic (exact) mass is 783 g/mol. The van der Waals surface area contributed by atoms with Gasteiger partial charge in [-0.3, -0.25) is 19.3 Å². The normalized spacial score (nSPS) is 21.9. The summed E-state index contributed by atoms with van der Waals surface area (Å²) < 4.78 is 2.07. The number of nitrogens with zero attached hydrogens (tertiary/aromatic N) is 5. The number of fused-ring (bicyclic) bond motifs is 2. The quantitative estimate of drug-likeness (QED) is 0.183. The Morgan fingerprint density at radius 1 is 0.907 bits per heavy atom. The largest absolute Gasteiger partial charge is 0.350 e. The molecule has 0 radical (unpaired) electrons. The van der Waals surface area contributed by atoms with Crippen LogP contribution < -0.4 is 5.32 Å². The summed E-state index contributed by atoms with van der Waals surface area (Å²) >= 11 is 20.1. The van der Waals surface area contributed by atoms with Gasteiger partial charge < -0.3 is 24.7 Å². The van der Waals surface area contributed by atoms with Gasteiger partial charge in [-0.2, -0.15) is 0 Å². The van der Waals surface area contributed by atoms with Crippen LogP contribution in [0.3, 0.4) is 0 Å². The number of nitrogens with one attached hydrogen (secondary N) is 2. The summed E-state index contributed by atoms with van der Waals surface area (Å²) in [6.07, 6.45) is 6.22. The first-order valence-corrected chi connectivity index (χ1v) is 19.8. The fourth-order valence-electron chi connectivity index (χ4n) is 9.29. The number of likely N-dealkylation sites (tertiary alicyclic amines) is 3. The Kier molecular flexibility index (Phi) is 9.20. The van der Waals surface area contributed by atoms with Gasteiger partial charge in [0.05, 0.1) is 29.8 Å². The van der Waals surface area contributed by atoms with Crippen molar-refractivity contribution in [3.8, 4) is 22.5 Å². The third kappa shape index (κ3) is 6.08. The van der Waals surface area contributed by atoms with Crippen molar-refractivity contribution in [2.75, 3.05) is 32.7 Å². The lowest BCUT2D eigenvalue weighted by Crippen LogP contribution is -2.56. The van der Waals surface area contributed by atoms with Crippen LogP contribution in [0.4, 0.5) is 0 Å². The molecule has 3 fully saturated rings. The van der Waals surface area contributed by atoms with Crippen LogP contribution in [-0.4, -0.2) is 97.8 Å². The lowest BCUT2D eigenvalue weighted by molar-refractivity contribution is -0.137. The molecule has 2 N–H and O–H groups in total. The van der Waals surface area contributed by atoms with Crippen molar-refractivity contribution in [1.29, 1.82) is 0 Å². The molecule has 3 amide bonds. The molecular weight excluding hydrogens is 745 g/mol. The highest BCUT2D eigenvalue weighted by Gasteiger charge is 2.42. The molecule has 4 aliphatic heterocycles. The first-order chi connectivity index (χ1) is 26.2. The van der Waals surface area contributed by atoms with Crippen LogP contribution >= 0.6 is 34.8 Å². The maximum absolute atomic E-state index is 14.8. The van der Waals surface area contributed by atoms with E-state index >= 15 is 0 Å². The maximum Gasteiger partial charge on any atom is 0.268 e. The summed E-state index contributed by atoms with van der Waals surface area (Å²) in [5.41, 5.74) is 5.99. The molecule has 3 saturated heterocycles. The lowest BCUT2D eigenvalue weighted by Gasteiger charge is -2.42. The third-order valence-electron chi connectivity index (χ3n) is 11.8. The number of amides is 3. The molecule has 10 nitrogen and oxygen atoms in total. The molecule has 3 aromatic carbocycles. The number of benzene rings is 3. The van der Waals surface area contributed by atoms with Gasteiger partial charge in [0.15, 0.2) is 0 Å². The van der Waals surface area contributed by atoms with Gasteiger partial charge in [0.1, 0.15) is 5.69 Å². The Hall–Kier alpha value is -4.35. The van der Waals surface area contributed by atoms with Crippen molar-refractivity contribution >= 4 is 63.4 Å². The number of carbonyl (C=O) groups is 3. The predicted octanol–water partition coefficient (Wildman–Crippen LogP) is 7.42. The van der Waals surface area contributed by atoms with E-state index in [0.717, 1.165) is 89.9 Å². The van der Waals surface area contributed by atoms with Gasteiger partial charge in [-0.05, 0) is 61.1 Å². The molecule has 0 bridgehead atoms. The van der Waals surface area contributed by atoms with E-state index in [2.05, 4.69) is 24.7 Å². The van der Waals surface area contributed by atoms with E-state index in [1.165, 1.54) is 0 Å². The highest BCUT2D eigenvalue weighted by Crippen LogP contribution is 2.50. The van der Waals surface area contributed by atoms with Crippen molar-refractivity contribution in [2.45, 2.75) is 63.2 Å². The molecule has 3 atom stereocenters. The van der Waals surface area contributed by atoms with Gasteiger partial charge in [-0.1, -0.05) is 71.2 Å². The minimum absolute atomic E-state index is 0.0196. The number of carbonyl (C=O) groups excluding carboxylic acids is 3. The maximum atomic E-state index is 14.8. The summed E-state index contributed by atoms with van der Waals surface area (Å²) in [4.78, 5) is 54.9. The van der Waals surface area contributed by atoms with Crippen molar-refractivity contribution < 1.29 is 14.4 Å². The fraction of sp³-hybridized carbons (Fsp3) is 0.366. The number of halogens is 3. The highest BCUT2D eigenvalue weighted by molar-refractivity contribution is 6.35. The number of rotatable bonds is 6. The molecule has 2 aromatic heterocycles. The van der Waals surface area contributed by atoms with Gasteiger partial charge >= 0.3 is 0 Å². The van der Waals surface area contributed by atoms with Crippen LogP contribution in [0.1, 0.15) is 66.7 Å². The summed E-state index contributed by atoms with van der Waals surface area (Å²) in [7, 11) is 0. The smallest absolute Gasteiger partial charge is 0.268 e. The molecule has 6 heterocycles. The summed E-state index contributed by atoms with van der Waals surface area (Å²) in [6.45, 7) is 4.95. The van der Waals surface area contributed by atoms with Crippen LogP contribution in [-0.2, 0) is 9.59 Å². The van der Waals surface area contributed by atoms with E-state index in [-0.39, 0.29) is 35.8 Å². The number of aromatic nitrogens is 3. The molecule has 13 heteroatoms. The third-order valence-corrected chi connectivity index (χ3v) is 12.6. The topological polar surface area (TPSA) is 107 Å². The van der Waals surface area contributed by atoms with Crippen molar-refractivity contribution in [3.05, 3.63) is 98.9 Å². The average Bonchev–Trinajstić information content (AvgIpc) is 3.89. The molecule has 0 saturated carbocycles. The SMILES string of the molecule is CC(=O)N1CC(NC(=O)c2[nH]c3cc(Cl)cc4c3c2-c2c(-c3ccccc3)ncn2C4c2ccc(Cl)cc2Cl)C(N2CCC(N3CCCCC3=O)CC2)C1. The summed E-state index contributed by atoms with van der Waals surface area (Å²) in [5.74, 6) is -0.0272. The van der Waals surface area contributed by atoms with Crippen molar-refractivity contribution in [2.24, 2.45) is 0 Å². The molecule has 0 spiro atoms. The van der Waals surface area contributed by atoms with Gasteiger partial charge in [-0.15, -0.1) is 0 Å². The van der Waals surface area contributed by atoms with Crippen LogP contribution in [0.5, 0.6) is 0 Å². The molecule has 4 aliphatic rings. The van der Waals surface area contributed by atoms with E-state index < -0.39 is 6.04 Å². The number of hydrogen-bond acceptors (Lipinski definition) is 5. The number of imidazole rings is 1. The van der Waals surface area contributed by atoms with Crippen LogP contribution in [0.2, 0.25) is 15.1 Å². The Morgan fingerprint density at radius 2 is 1.70 bits per heavy atom. The van der Waals surface area contributed by atoms with Gasteiger partial charge in [-0.25, -0.2) is 4.98 Å². The predicted molar refractivity (Wildman–Crippen MR) is 211 cm³/mol. The zero-order chi connectivity index (χ0) is 37.2. The van der Waals surface area contributed by atoms with E-state index in [9.17, 15) is 14.4 Å². The summed E-state index contributed by atoms with van der Waals surface area (Å²) in [5, 5.41) is 5.80. The minimum Gasteiger partial charge on any atom is -0.350 e. The van der Waals surface area contributed by atoms with Crippen molar-refractivity contribution in [3.63, 3.8) is 0 Å². The van der Waals surface area contributed by atoms with E-state index in [0.29, 0.717) is 40.3 Å². The Labute approximate surface area is 328 Å². The van der Waals surface area contributed by atoms with Gasteiger partial charge in [0, 0.05) is 95.2 Å². The standard InChI is InChI=1S/C41H40Cl3N7O3/c1-23(52)49-20-32(33(21-49)48-15-12-27(13-16-48)50-14-6-5-9-34(50)53)47-41(54)38-36-35-29(17-26(43)19-31(35)46-38)39(28-11-10-25(42)18-30(28)44)51-22-45-37(40(36)51)24-7-3-2-4-8-24/h2-4,7-8,10-11,17-19,22,27,32-33,39,46H,5-6,9,12-16,20-21H2,1H3,(H,47,54).